The van der Waals surface area contributed by atoms with E-state index in [1.165, 1.54) is 35.2 Å². The Morgan fingerprint density at radius 2 is 1.54 bits per heavy atom. The zero-order chi connectivity index (χ0) is 28.6. The summed E-state index contributed by atoms with van der Waals surface area (Å²) >= 11 is 0. The van der Waals surface area contributed by atoms with Crippen molar-refractivity contribution in [1.82, 2.24) is 10.2 Å². The highest BCUT2D eigenvalue weighted by atomic mass is 32.2. The molecule has 1 atom stereocenters. The predicted molar refractivity (Wildman–Crippen MR) is 151 cm³/mol. The summed E-state index contributed by atoms with van der Waals surface area (Å²) in [6, 6.07) is 19.7. The number of hydrogen-bond acceptors (Lipinski definition) is 4. The van der Waals surface area contributed by atoms with Crippen LogP contribution < -0.4 is 9.62 Å². The number of hydrogen-bond donors (Lipinski definition) is 1. The number of aryl methyl sites for hydroxylation is 1. The third-order valence-corrected chi connectivity index (χ3v) is 8.18. The van der Waals surface area contributed by atoms with Crippen LogP contribution >= 0.6 is 0 Å². The Morgan fingerprint density at radius 3 is 2.15 bits per heavy atom. The summed E-state index contributed by atoms with van der Waals surface area (Å²) in [6.07, 6.45) is 0.312. The second kappa shape index (κ2) is 13.4. The third-order valence-electron chi connectivity index (χ3n) is 6.40. The fourth-order valence-electron chi connectivity index (χ4n) is 4.20. The first-order chi connectivity index (χ1) is 18.6. The van der Waals surface area contributed by atoms with E-state index in [9.17, 15) is 22.4 Å². The van der Waals surface area contributed by atoms with Crippen molar-refractivity contribution < 1.29 is 22.4 Å². The minimum absolute atomic E-state index is 0.0757. The minimum atomic E-state index is -4.32. The first kappa shape index (κ1) is 29.8. The van der Waals surface area contributed by atoms with E-state index in [0.29, 0.717) is 13.0 Å². The number of benzene rings is 3. The van der Waals surface area contributed by atoms with Crippen LogP contribution in [0.3, 0.4) is 0 Å². The van der Waals surface area contributed by atoms with Crippen molar-refractivity contribution in [3.05, 3.63) is 95.8 Å². The lowest BCUT2D eigenvalue weighted by Gasteiger charge is -2.33. The van der Waals surface area contributed by atoms with E-state index in [-0.39, 0.29) is 29.0 Å². The van der Waals surface area contributed by atoms with Crippen molar-refractivity contribution in [2.24, 2.45) is 5.92 Å². The van der Waals surface area contributed by atoms with Gasteiger partial charge in [0, 0.05) is 13.1 Å². The van der Waals surface area contributed by atoms with Crippen molar-refractivity contribution in [1.29, 1.82) is 0 Å². The molecule has 39 heavy (non-hydrogen) atoms. The molecule has 0 unspecified atom stereocenters. The molecule has 7 nitrogen and oxygen atoms in total. The van der Waals surface area contributed by atoms with Gasteiger partial charge in [-0.15, -0.1) is 0 Å². The molecule has 2 amide bonds. The average Bonchev–Trinajstić information content (AvgIpc) is 2.92. The average molecular weight is 554 g/mol. The normalized spacial score (nSPS) is 12.2. The molecule has 208 valence electrons. The largest absolute Gasteiger partial charge is 0.354 e. The first-order valence-corrected chi connectivity index (χ1v) is 14.4. The number of sulfonamides is 1. The van der Waals surface area contributed by atoms with Gasteiger partial charge in [-0.3, -0.25) is 13.9 Å². The summed E-state index contributed by atoms with van der Waals surface area (Å²) in [5, 5.41) is 2.89. The molecule has 0 bridgehead atoms. The van der Waals surface area contributed by atoms with Gasteiger partial charge in [0.1, 0.15) is 18.4 Å². The second-order valence-corrected chi connectivity index (χ2v) is 11.6. The van der Waals surface area contributed by atoms with E-state index < -0.39 is 34.3 Å². The zero-order valence-electron chi connectivity index (χ0n) is 22.8. The molecule has 0 saturated heterocycles. The van der Waals surface area contributed by atoms with E-state index in [4.69, 9.17) is 0 Å². The molecule has 0 aliphatic carbocycles. The van der Waals surface area contributed by atoms with Gasteiger partial charge in [-0.2, -0.15) is 0 Å². The van der Waals surface area contributed by atoms with Gasteiger partial charge in [0.05, 0.1) is 10.6 Å². The third kappa shape index (κ3) is 7.44. The second-order valence-electron chi connectivity index (χ2n) is 9.79. The molecule has 1 N–H and O–H groups in total. The monoisotopic (exact) mass is 553 g/mol. The quantitative estimate of drug-likeness (QED) is 0.345. The number of anilines is 1. The SMILES string of the molecule is CC[C@@H](C(=O)NCC(C)C)N(Cc1ccccc1C)C(=O)CN(c1ccccc1F)S(=O)(=O)c1ccccc1. The highest BCUT2D eigenvalue weighted by Gasteiger charge is 2.34. The number of amides is 2. The van der Waals surface area contributed by atoms with Crippen LogP contribution in [0.15, 0.2) is 83.8 Å². The van der Waals surface area contributed by atoms with Crippen LogP contribution in [0.1, 0.15) is 38.3 Å². The number of carbonyl (C=O) groups excluding carboxylic acids is 2. The lowest BCUT2D eigenvalue weighted by molar-refractivity contribution is -0.140. The van der Waals surface area contributed by atoms with Crippen LogP contribution in [0.4, 0.5) is 10.1 Å². The van der Waals surface area contributed by atoms with Crippen LogP contribution in [-0.4, -0.2) is 44.3 Å². The van der Waals surface area contributed by atoms with Gasteiger partial charge in [0.25, 0.3) is 10.0 Å². The van der Waals surface area contributed by atoms with Crippen LogP contribution in [0, 0.1) is 18.7 Å². The van der Waals surface area contributed by atoms with Gasteiger partial charge in [-0.05, 0) is 54.7 Å². The molecule has 3 aromatic carbocycles. The number of carbonyl (C=O) groups is 2. The molecule has 0 spiro atoms. The molecule has 9 heteroatoms. The van der Waals surface area contributed by atoms with Gasteiger partial charge in [-0.25, -0.2) is 12.8 Å². The summed E-state index contributed by atoms with van der Waals surface area (Å²) in [5.74, 6) is -1.51. The van der Waals surface area contributed by atoms with E-state index in [1.54, 1.807) is 25.1 Å². The molecule has 3 rings (SSSR count). The van der Waals surface area contributed by atoms with Gasteiger partial charge >= 0.3 is 0 Å². The molecule has 0 heterocycles. The van der Waals surface area contributed by atoms with Gasteiger partial charge in [0.15, 0.2) is 0 Å². The molecule has 0 aliphatic heterocycles. The summed E-state index contributed by atoms with van der Waals surface area (Å²) in [7, 11) is -4.32. The summed E-state index contributed by atoms with van der Waals surface area (Å²) in [5.41, 5.74) is 1.50. The Morgan fingerprint density at radius 1 is 0.923 bits per heavy atom. The van der Waals surface area contributed by atoms with Crippen molar-refractivity contribution in [2.75, 3.05) is 17.4 Å². The fourth-order valence-corrected chi connectivity index (χ4v) is 5.64. The highest BCUT2D eigenvalue weighted by Crippen LogP contribution is 2.27. The minimum Gasteiger partial charge on any atom is -0.354 e. The summed E-state index contributed by atoms with van der Waals surface area (Å²) in [6.45, 7) is 7.49. The maximum atomic E-state index is 15.0. The molecule has 3 aromatic rings. The lowest BCUT2D eigenvalue weighted by Crippen LogP contribution is -2.52. The number of rotatable bonds is 12. The van der Waals surface area contributed by atoms with Crippen molar-refractivity contribution in [3.63, 3.8) is 0 Å². The molecular formula is C30H36FN3O4S. The van der Waals surface area contributed by atoms with Crippen LogP contribution in [0.25, 0.3) is 0 Å². The van der Waals surface area contributed by atoms with E-state index in [2.05, 4.69) is 5.32 Å². The lowest BCUT2D eigenvalue weighted by atomic mass is 10.1. The van der Waals surface area contributed by atoms with Crippen molar-refractivity contribution >= 4 is 27.5 Å². The standard InChI is InChI=1S/C30H36FN3O4S/c1-5-27(30(36)32-19-22(2)3)33(20-24-14-10-9-13-23(24)4)29(35)21-34(28-18-12-11-17-26(28)31)39(37,38)25-15-7-6-8-16-25/h6-18,22,27H,5,19-21H2,1-4H3,(H,32,36)/t27-/m0/s1. The van der Waals surface area contributed by atoms with Gasteiger partial charge in [-0.1, -0.05) is 75.4 Å². The smallest absolute Gasteiger partial charge is 0.264 e. The Hall–Kier alpha value is -3.72. The molecule has 0 aliphatic rings. The number of nitrogens with one attached hydrogen (secondary N) is 1. The number of para-hydroxylation sites is 1. The highest BCUT2D eigenvalue weighted by molar-refractivity contribution is 7.92. The topological polar surface area (TPSA) is 86.8 Å². The molecule has 0 saturated carbocycles. The van der Waals surface area contributed by atoms with Crippen LogP contribution in [-0.2, 0) is 26.2 Å². The Labute approximate surface area is 230 Å². The van der Waals surface area contributed by atoms with Crippen LogP contribution in [0.2, 0.25) is 0 Å². The predicted octanol–water partition coefficient (Wildman–Crippen LogP) is 4.91. The Bertz CT molecular complexity index is 1380. The Kier molecular flexibility index (Phi) is 10.2. The molecule has 0 radical (unpaired) electrons. The Balaban J connectivity index is 2.06. The number of nitrogens with zero attached hydrogens (tertiary/aromatic N) is 2. The summed E-state index contributed by atoms with van der Waals surface area (Å²) in [4.78, 5) is 28.5. The fraction of sp³-hybridized carbons (Fsp3) is 0.333. The van der Waals surface area contributed by atoms with Crippen molar-refractivity contribution in [2.45, 2.75) is 51.6 Å². The van der Waals surface area contributed by atoms with Crippen molar-refractivity contribution in [3.8, 4) is 0 Å². The maximum absolute atomic E-state index is 15.0. The van der Waals surface area contributed by atoms with Gasteiger partial charge in [0.2, 0.25) is 11.8 Å². The molecule has 0 fully saturated rings. The van der Waals surface area contributed by atoms with E-state index in [1.807, 2.05) is 45.0 Å². The van der Waals surface area contributed by atoms with E-state index >= 15 is 0 Å². The number of halogens is 1. The molecule has 0 aromatic heterocycles. The van der Waals surface area contributed by atoms with Crippen LogP contribution in [0.5, 0.6) is 0 Å². The summed E-state index contributed by atoms with van der Waals surface area (Å²) < 4.78 is 43.2. The van der Waals surface area contributed by atoms with Gasteiger partial charge < -0.3 is 10.2 Å². The zero-order valence-corrected chi connectivity index (χ0v) is 23.6. The first-order valence-electron chi connectivity index (χ1n) is 13.0. The van der Waals surface area contributed by atoms with E-state index in [0.717, 1.165) is 21.5 Å². The molecular weight excluding hydrogens is 517 g/mol. The maximum Gasteiger partial charge on any atom is 0.264 e.